The fourth-order valence-electron chi connectivity index (χ4n) is 1.61. The van der Waals surface area contributed by atoms with Gasteiger partial charge in [0.1, 0.15) is 5.82 Å². The molecule has 88 valence electrons. The molecule has 0 unspecified atom stereocenters. The maximum atomic E-state index is 13.1. The third kappa shape index (κ3) is 2.40. The number of aryl methyl sites for hydroxylation is 1. The Balaban J connectivity index is 2.47. The first-order valence-electron chi connectivity index (χ1n) is 5.19. The lowest BCUT2D eigenvalue weighted by molar-refractivity contribution is 0.104. The van der Waals surface area contributed by atoms with E-state index in [1.54, 1.807) is 0 Å². The van der Waals surface area contributed by atoms with Crippen LogP contribution in [0, 0.1) is 5.82 Å². The monoisotopic (exact) mass is 268 g/mol. The maximum absolute atomic E-state index is 13.1. The van der Waals surface area contributed by atoms with E-state index in [0.717, 1.165) is 12.0 Å². The van der Waals surface area contributed by atoms with Crippen LogP contribution in [0.4, 0.5) is 4.39 Å². The lowest BCUT2D eigenvalue weighted by Crippen LogP contribution is -2.03. The van der Waals surface area contributed by atoms with Gasteiger partial charge in [0.2, 0.25) is 5.78 Å². The molecule has 1 nitrogen and oxygen atoms in total. The first kappa shape index (κ1) is 12.3. The molecule has 0 aliphatic heterocycles. The molecule has 0 saturated heterocycles. The Bertz CT molecular complexity index is 562. The second kappa shape index (κ2) is 4.98. The number of rotatable bonds is 3. The summed E-state index contributed by atoms with van der Waals surface area (Å²) in [5, 5.41) is 2.14. The van der Waals surface area contributed by atoms with Gasteiger partial charge in [-0.25, -0.2) is 4.39 Å². The van der Waals surface area contributed by atoms with Crippen molar-refractivity contribution in [3.63, 3.8) is 0 Å². The molecule has 0 fully saturated rings. The molecule has 2 aromatic rings. The molecular weight excluding hydrogens is 259 g/mol. The van der Waals surface area contributed by atoms with Crippen molar-refractivity contribution in [3.05, 3.63) is 56.5 Å². The predicted octanol–water partition coefficient (Wildman–Crippen LogP) is 4.33. The summed E-state index contributed by atoms with van der Waals surface area (Å²) in [4.78, 5) is 12.9. The van der Waals surface area contributed by atoms with E-state index in [2.05, 4.69) is 0 Å². The van der Waals surface area contributed by atoms with Crippen molar-refractivity contribution < 1.29 is 9.18 Å². The fourth-order valence-corrected chi connectivity index (χ4v) is 2.76. The molecule has 0 amide bonds. The van der Waals surface area contributed by atoms with E-state index in [1.165, 1.54) is 29.5 Å². The van der Waals surface area contributed by atoms with Gasteiger partial charge in [-0.1, -0.05) is 18.5 Å². The number of hydrogen-bond acceptors (Lipinski definition) is 2. The zero-order valence-electron chi connectivity index (χ0n) is 9.17. The third-order valence-electron chi connectivity index (χ3n) is 2.51. The average Bonchev–Trinajstić information content (AvgIpc) is 2.79. The van der Waals surface area contributed by atoms with Gasteiger partial charge in [-0.05, 0) is 41.6 Å². The number of halogens is 2. The van der Waals surface area contributed by atoms with Crippen molar-refractivity contribution in [1.29, 1.82) is 0 Å². The molecule has 17 heavy (non-hydrogen) atoms. The second-order valence-corrected chi connectivity index (χ2v) is 4.91. The minimum atomic E-state index is -0.452. The van der Waals surface area contributed by atoms with Crippen LogP contribution in [0.15, 0.2) is 29.6 Å². The number of hydrogen-bond donors (Lipinski definition) is 0. The predicted molar refractivity (Wildman–Crippen MR) is 68.5 cm³/mol. The van der Waals surface area contributed by atoms with E-state index in [4.69, 9.17) is 11.6 Å². The van der Waals surface area contributed by atoms with Crippen LogP contribution in [0.1, 0.15) is 27.7 Å². The summed E-state index contributed by atoms with van der Waals surface area (Å²) in [6.45, 7) is 1.98. The van der Waals surface area contributed by atoms with Crippen LogP contribution in [0.5, 0.6) is 0 Å². The van der Waals surface area contributed by atoms with Crippen LogP contribution in [-0.4, -0.2) is 5.78 Å². The molecule has 0 spiro atoms. The highest BCUT2D eigenvalue weighted by molar-refractivity contribution is 7.12. The minimum Gasteiger partial charge on any atom is -0.288 e. The number of thiophene rings is 1. The van der Waals surface area contributed by atoms with Gasteiger partial charge in [0, 0.05) is 5.56 Å². The summed E-state index contributed by atoms with van der Waals surface area (Å²) in [7, 11) is 0. The Morgan fingerprint density at radius 3 is 2.88 bits per heavy atom. The van der Waals surface area contributed by atoms with Crippen LogP contribution in [0.25, 0.3) is 0 Å². The Labute approximate surface area is 108 Å². The quantitative estimate of drug-likeness (QED) is 0.757. The van der Waals surface area contributed by atoms with E-state index in [1.807, 2.05) is 18.4 Å². The number of benzene rings is 1. The van der Waals surface area contributed by atoms with Crippen LogP contribution in [-0.2, 0) is 6.42 Å². The molecule has 1 aromatic heterocycles. The Morgan fingerprint density at radius 1 is 1.41 bits per heavy atom. The molecule has 0 atom stereocenters. The second-order valence-electron chi connectivity index (χ2n) is 3.58. The summed E-state index contributed by atoms with van der Waals surface area (Å²) < 4.78 is 13.1. The van der Waals surface area contributed by atoms with Crippen molar-refractivity contribution in [3.8, 4) is 0 Å². The Kier molecular flexibility index (Phi) is 3.60. The molecule has 0 bridgehead atoms. The molecule has 0 saturated carbocycles. The van der Waals surface area contributed by atoms with Crippen LogP contribution >= 0.6 is 22.9 Å². The summed E-state index contributed by atoms with van der Waals surface area (Å²) in [5.74, 6) is -0.659. The van der Waals surface area contributed by atoms with Crippen LogP contribution < -0.4 is 0 Å². The van der Waals surface area contributed by atoms with Gasteiger partial charge in [0.05, 0.1) is 9.90 Å². The largest absolute Gasteiger partial charge is 0.288 e. The standard InChI is InChI=1S/C13H10ClFOS/c1-2-8-5-6-17-13(8)12(16)10-7-9(15)3-4-11(10)14/h3-7H,2H2,1H3. The van der Waals surface area contributed by atoms with E-state index in [9.17, 15) is 9.18 Å². The van der Waals surface area contributed by atoms with Crippen LogP contribution in [0.3, 0.4) is 0 Å². The van der Waals surface area contributed by atoms with Gasteiger partial charge >= 0.3 is 0 Å². The topological polar surface area (TPSA) is 17.1 Å². The van der Waals surface area contributed by atoms with Crippen molar-refractivity contribution >= 4 is 28.7 Å². The van der Waals surface area contributed by atoms with Gasteiger partial charge in [0.25, 0.3) is 0 Å². The highest BCUT2D eigenvalue weighted by Crippen LogP contribution is 2.25. The van der Waals surface area contributed by atoms with Crippen molar-refractivity contribution in [1.82, 2.24) is 0 Å². The molecule has 0 aliphatic rings. The van der Waals surface area contributed by atoms with Crippen molar-refractivity contribution in [2.24, 2.45) is 0 Å². The highest BCUT2D eigenvalue weighted by Gasteiger charge is 2.17. The van der Waals surface area contributed by atoms with Crippen molar-refractivity contribution in [2.75, 3.05) is 0 Å². The molecular formula is C13H10ClFOS. The molecule has 2 rings (SSSR count). The van der Waals surface area contributed by atoms with Gasteiger partial charge in [-0.3, -0.25) is 4.79 Å². The third-order valence-corrected chi connectivity index (χ3v) is 3.79. The summed E-state index contributed by atoms with van der Waals surface area (Å²) in [5.41, 5.74) is 1.20. The normalized spacial score (nSPS) is 10.5. The zero-order valence-corrected chi connectivity index (χ0v) is 10.7. The lowest BCUT2D eigenvalue weighted by atomic mass is 10.1. The van der Waals surface area contributed by atoms with Gasteiger partial charge in [-0.15, -0.1) is 11.3 Å². The molecule has 0 radical (unpaired) electrons. The summed E-state index contributed by atoms with van der Waals surface area (Å²) in [6.07, 6.45) is 0.775. The molecule has 0 N–H and O–H groups in total. The number of carbonyl (C=O) groups is 1. The van der Waals surface area contributed by atoms with Crippen LogP contribution in [0.2, 0.25) is 5.02 Å². The molecule has 1 aromatic carbocycles. The van der Waals surface area contributed by atoms with Gasteiger partial charge in [-0.2, -0.15) is 0 Å². The molecule has 0 aliphatic carbocycles. The number of carbonyl (C=O) groups excluding carboxylic acids is 1. The zero-order chi connectivity index (χ0) is 12.4. The average molecular weight is 269 g/mol. The van der Waals surface area contributed by atoms with E-state index >= 15 is 0 Å². The Morgan fingerprint density at radius 2 is 2.18 bits per heavy atom. The van der Waals surface area contributed by atoms with Crippen molar-refractivity contribution in [2.45, 2.75) is 13.3 Å². The summed E-state index contributed by atoms with van der Waals surface area (Å²) in [6, 6.07) is 5.74. The highest BCUT2D eigenvalue weighted by atomic mass is 35.5. The van der Waals surface area contributed by atoms with Gasteiger partial charge in [0.15, 0.2) is 0 Å². The SMILES string of the molecule is CCc1ccsc1C(=O)c1cc(F)ccc1Cl. The first-order chi connectivity index (χ1) is 8.13. The maximum Gasteiger partial charge on any atom is 0.204 e. The minimum absolute atomic E-state index is 0.207. The lowest BCUT2D eigenvalue weighted by Gasteiger charge is -2.04. The van der Waals surface area contributed by atoms with E-state index < -0.39 is 5.82 Å². The molecule has 1 heterocycles. The smallest absolute Gasteiger partial charge is 0.204 e. The van der Waals surface area contributed by atoms with Gasteiger partial charge < -0.3 is 0 Å². The summed E-state index contributed by atoms with van der Waals surface area (Å²) >= 11 is 7.28. The van der Waals surface area contributed by atoms with E-state index in [-0.39, 0.29) is 16.4 Å². The first-order valence-corrected chi connectivity index (χ1v) is 6.45. The number of ketones is 1. The Hall–Kier alpha value is -1.19. The fraction of sp³-hybridized carbons (Fsp3) is 0.154. The molecule has 4 heteroatoms. The van der Waals surface area contributed by atoms with E-state index in [0.29, 0.717) is 4.88 Å².